The van der Waals surface area contributed by atoms with Gasteiger partial charge in [0.15, 0.2) is 0 Å². The fourth-order valence-electron chi connectivity index (χ4n) is 2.47. The number of nitrogens with one attached hydrogen (secondary N) is 1. The molecule has 0 unspecified atom stereocenters. The van der Waals surface area contributed by atoms with Gasteiger partial charge in [-0.1, -0.05) is 6.42 Å². The topological polar surface area (TPSA) is 99.1 Å². The molecule has 2 fully saturated rings. The molecule has 2 aliphatic heterocycles. The lowest BCUT2D eigenvalue weighted by molar-refractivity contribution is -0.137. The number of carboxylic acids is 1. The summed E-state index contributed by atoms with van der Waals surface area (Å²) >= 11 is 1.71. The molecule has 2 heterocycles. The molecular weight excluding hydrogens is 258 g/mol. The van der Waals surface area contributed by atoms with Crippen molar-refractivity contribution < 1.29 is 14.7 Å². The summed E-state index contributed by atoms with van der Waals surface area (Å²) in [6, 6.07) is -0.606. The summed E-state index contributed by atoms with van der Waals surface area (Å²) in [6.45, 7) is 0. The fraction of sp³-hybridized carbons (Fsp3) is 0.800. The first kappa shape index (κ1) is 13.1. The number of hydrogen-bond donors (Lipinski definition) is 2. The fourth-order valence-corrected chi connectivity index (χ4v) is 4.04. The van der Waals surface area contributed by atoms with Crippen LogP contribution in [0, 0.1) is 4.91 Å². The van der Waals surface area contributed by atoms with Gasteiger partial charge in [0, 0.05) is 17.4 Å². The molecule has 7 nitrogen and oxygen atoms in total. The van der Waals surface area contributed by atoms with E-state index in [-0.39, 0.29) is 23.8 Å². The summed E-state index contributed by atoms with van der Waals surface area (Å²) in [5.41, 5.74) is 0. The number of hydrogen-bond acceptors (Lipinski definition) is 5. The Kier molecular flexibility index (Phi) is 4.05. The van der Waals surface area contributed by atoms with E-state index in [1.165, 1.54) is 0 Å². The first-order chi connectivity index (χ1) is 8.63. The quantitative estimate of drug-likeness (QED) is 0.430. The van der Waals surface area contributed by atoms with Crippen molar-refractivity contribution >= 4 is 23.8 Å². The highest BCUT2D eigenvalue weighted by molar-refractivity contribution is 8.00. The van der Waals surface area contributed by atoms with Gasteiger partial charge in [-0.25, -0.2) is 4.79 Å². The van der Waals surface area contributed by atoms with Gasteiger partial charge < -0.3 is 10.4 Å². The molecule has 18 heavy (non-hydrogen) atoms. The summed E-state index contributed by atoms with van der Waals surface area (Å²) in [5.74, 6) is -0.00713. The van der Waals surface area contributed by atoms with Crippen molar-refractivity contribution in [2.45, 2.75) is 43.0 Å². The number of fused-ring (bicyclic) bond motifs is 1. The van der Waals surface area contributed by atoms with Crippen LogP contribution < -0.4 is 5.32 Å². The molecule has 2 saturated heterocycles. The lowest BCUT2D eigenvalue weighted by Gasteiger charge is -2.20. The van der Waals surface area contributed by atoms with E-state index < -0.39 is 12.0 Å². The molecule has 3 atom stereocenters. The second-order valence-electron chi connectivity index (χ2n) is 4.48. The smallest absolute Gasteiger partial charge is 0.341 e. The molecule has 2 rings (SSSR count). The molecule has 0 aromatic carbocycles. The number of unbranched alkanes of at least 4 members (excludes halogenated alkanes) is 1. The van der Waals surface area contributed by atoms with E-state index >= 15 is 0 Å². The lowest BCUT2D eigenvalue weighted by Crippen LogP contribution is -2.37. The van der Waals surface area contributed by atoms with Crippen LogP contribution in [-0.4, -0.2) is 45.2 Å². The van der Waals surface area contributed by atoms with Crippen molar-refractivity contribution in [3.8, 4) is 0 Å². The normalized spacial score (nSPS) is 30.1. The third-order valence-corrected chi connectivity index (χ3v) is 4.79. The van der Waals surface area contributed by atoms with Crippen LogP contribution in [0.1, 0.15) is 25.7 Å². The second-order valence-corrected chi connectivity index (χ2v) is 5.76. The molecule has 0 aromatic rings. The largest absolute Gasteiger partial charge is 0.481 e. The number of carbonyl (C=O) groups excluding carboxylic acids is 1. The first-order valence-electron chi connectivity index (χ1n) is 5.90. The maximum atomic E-state index is 11.4. The Bertz CT molecular complexity index is 365. The van der Waals surface area contributed by atoms with Crippen LogP contribution in [0.2, 0.25) is 0 Å². The molecule has 2 N–H and O–H groups in total. The van der Waals surface area contributed by atoms with Gasteiger partial charge in [0.1, 0.15) is 0 Å². The maximum absolute atomic E-state index is 11.4. The van der Waals surface area contributed by atoms with Gasteiger partial charge >= 0.3 is 12.0 Å². The van der Waals surface area contributed by atoms with Crippen molar-refractivity contribution in [2.24, 2.45) is 5.29 Å². The summed E-state index contributed by atoms with van der Waals surface area (Å²) in [7, 11) is 0. The summed E-state index contributed by atoms with van der Waals surface area (Å²) in [4.78, 5) is 32.5. The van der Waals surface area contributed by atoms with Crippen LogP contribution in [0.4, 0.5) is 4.79 Å². The molecule has 8 heteroatoms. The highest BCUT2D eigenvalue weighted by atomic mass is 32.2. The van der Waals surface area contributed by atoms with Crippen LogP contribution in [-0.2, 0) is 4.79 Å². The van der Waals surface area contributed by atoms with Gasteiger partial charge in [-0.3, -0.25) is 4.79 Å². The first-order valence-corrected chi connectivity index (χ1v) is 6.94. The van der Waals surface area contributed by atoms with Crippen molar-refractivity contribution in [2.75, 3.05) is 5.75 Å². The number of nitroso groups, excluding NO2 is 1. The highest BCUT2D eigenvalue weighted by Crippen LogP contribution is 2.37. The number of urea groups is 1. The Morgan fingerprint density at radius 3 is 3.00 bits per heavy atom. The average Bonchev–Trinajstić information content (AvgIpc) is 2.82. The molecule has 0 saturated carbocycles. The average molecular weight is 273 g/mol. The van der Waals surface area contributed by atoms with Crippen molar-refractivity contribution in [3.05, 3.63) is 4.91 Å². The van der Waals surface area contributed by atoms with Crippen LogP contribution in [0.5, 0.6) is 0 Å². The second kappa shape index (κ2) is 5.55. The standard InChI is InChI=1S/C10H15N3O4S/c14-8(15)4-2-1-3-7-9-6(5-18-7)11-10(16)13(9)12-17/h6-7,9H,1-5H2,(H,11,16)(H,14,15)/t6-,7-,9-/m0/s1. The highest BCUT2D eigenvalue weighted by Gasteiger charge is 2.49. The zero-order valence-corrected chi connectivity index (χ0v) is 10.6. The Morgan fingerprint density at radius 1 is 1.56 bits per heavy atom. The van der Waals surface area contributed by atoms with E-state index in [9.17, 15) is 14.5 Å². The monoisotopic (exact) mass is 273 g/mol. The van der Waals surface area contributed by atoms with E-state index in [1.807, 2.05) is 0 Å². The summed E-state index contributed by atoms with van der Waals surface area (Å²) < 4.78 is 0. The predicted molar refractivity (Wildman–Crippen MR) is 66.1 cm³/mol. The van der Waals surface area contributed by atoms with E-state index in [4.69, 9.17) is 5.11 Å². The SMILES string of the molecule is O=NN1C(=O)N[C@H]2CS[C@@H](CCCCC(=O)O)[C@H]21. The zero-order valence-electron chi connectivity index (χ0n) is 9.74. The zero-order chi connectivity index (χ0) is 13.1. The van der Waals surface area contributed by atoms with E-state index in [0.29, 0.717) is 6.42 Å². The number of nitrogens with zero attached hydrogens (tertiary/aromatic N) is 2. The number of aliphatic carboxylic acids is 1. The van der Waals surface area contributed by atoms with Crippen molar-refractivity contribution in [3.63, 3.8) is 0 Å². The molecule has 0 spiro atoms. The van der Waals surface area contributed by atoms with Crippen LogP contribution in [0.3, 0.4) is 0 Å². The van der Waals surface area contributed by atoms with Gasteiger partial charge in [0.2, 0.25) is 0 Å². The van der Waals surface area contributed by atoms with Crippen molar-refractivity contribution in [1.82, 2.24) is 10.3 Å². The summed E-state index contributed by atoms with van der Waals surface area (Å²) in [5, 5.41) is 15.2. The Balaban J connectivity index is 1.84. The van der Waals surface area contributed by atoms with Crippen LogP contribution in [0.15, 0.2) is 5.29 Å². The molecule has 2 amide bonds. The molecule has 100 valence electrons. The third-order valence-electron chi connectivity index (χ3n) is 3.30. The van der Waals surface area contributed by atoms with Gasteiger partial charge in [0.05, 0.1) is 17.4 Å². The molecule has 0 aromatic heterocycles. The molecule has 0 bridgehead atoms. The number of carbonyl (C=O) groups is 2. The third kappa shape index (κ3) is 2.58. The Hall–Kier alpha value is -1.31. The number of thioether (sulfide) groups is 1. The molecule has 0 radical (unpaired) electrons. The van der Waals surface area contributed by atoms with Gasteiger partial charge in [0.25, 0.3) is 0 Å². The Morgan fingerprint density at radius 2 is 2.33 bits per heavy atom. The summed E-state index contributed by atoms with van der Waals surface area (Å²) in [6.07, 6.45) is 2.38. The van der Waals surface area contributed by atoms with Crippen LogP contribution in [0.25, 0.3) is 0 Å². The number of amides is 2. The van der Waals surface area contributed by atoms with Gasteiger partial charge in [-0.15, -0.1) is 4.91 Å². The van der Waals surface area contributed by atoms with E-state index in [1.54, 1.807) is 11.8 Å². The minimum absolute atomic E-state index is 0.00956. The van der Waals surface area contributed by atoms with Crippen LogP contribution >= 0.6 is 11.8 Å². The minimum atomic E-state index is -0.791. The lowest BCUT2D eigenvalue weighted by atomic mass is 10.0. The van der Waals surface area contributed by atoms with E-state index in [2.05, 4.69) is 10.6 Å². The van der Waals surface area contributed by atoms with E-state index in [0.717, 1.165) is 23.6 Å². The number of rotatable bonds is 6. The predicted octanol–water partition coefficient (Wildman–Crippen LogP) is 1.19. The maximum Gasteiger partial charge on any atom is 0.341 e. The van der Waals surface area contributed by atoms with Crippen molar-refractivity contribution in [1.29, 1.82) is 0 Å². The number of carboxylic acid groups (broad SMARTS) is 1. The van der Waals surface area contributed by atoms with Gasteiger partial charge in [-0.05, 0) is 12.8 Å². The van der Waals surface area contributed by atoms with Gasteiger partial charge in [-0.2, -0.15) is 16.8 Å². The molecule has 2 aliphatic rings. The molecular formula is C10H15N3O4S. The Labute approximate surface area is 108 Å². The minimum Gasteiger partial charge on any atom is -0.481 e. The molecule has 0 aliphatic carbocycles.